The molecule has 3 aromatic rings. The Morgan fingerprint density at radius 1 is 1.03 bits per heavy atom. The van der Waals surface area contributed by atoms with Crippen LogP contribution in [-0.4, -0.2) is 32.1 Å². The van der Waals surface area contributed by atoms with Crippen LogP contribution in [0.1, 0.15) is 5.56 Å². The Morgan fingerprint density at radius 2 is 1.83 bits per heavy atom. The van der Waals surface area contributed by atoms with Gasteiger partial charge < -0.3 is 24.5 Å². The largest absolute Gasteiger partial charge is 0.495 e. The maximum atomic E-state index is 12.1. The Balaban J connectivity index is 1.50. The van der Waals surface area contributed by atoms with Crippen molar-refractivity contribution in [2.24, 2.45) is 0 Å². The molecule has 0 bridgehead atoms. The molecule has 0 saturated carbocycles. The number of fused-ring (bicyclic) bond motifs is 1. The lowest BCUT2D eigenvalue weighted by atomic mass is 10.2. The second-order valence-electron chi connectivity index (χ2n) is 6.27. The Hall–Kier alpha value is -3.81. The smallest absolute Gasteiger partial charge is 0.336 e. The Bertz CT molecular complexity index is 1110. The van der Waals surface area contributed by atoms with E-state index in [1.165, 1.54) is 19.2 Å². The number of carbonyl (C=O) groups is 2. The highest BCUT2D eigenvalue weighted by atomic mass is 16.5. The number of ether oxygens (including phenoxy) is 2. The molecule has 150 valence electrons. The molecule has 0 saturated heterocycles. The normalized spacial score (nSPS) is 10.4. The summed E-state index contributed by atoms with van der Waals surface area (Å²) in [5, 5.41) is 5.92. The zero-order valence-electron chi connectivity index (χ0n) is 16.0. The van der Waals surface area contributed by atoms with Crippen molar-refractivity contribution in [3.63, 3.8) is 0 Å². The van der Waals surface area contributed by atoms with Crippen LogP contribution < -0.4 is 25.7 Å². The van der Waals surface area contributed by atoms with Gasteiger partial charge in [0.15, 0.2) is 6.61 Å². The van der Waals surface area contributed by atoms with Gasteiger partial charge in [-0.25, -0.2) is 4.79 Å². The summed E-state index contributed by atoms with van der Waals surface area (Å²) in [7, 11) is 1.51. The number of methoxy groups -OCH3 is 1. The lowest BCUT2D eigenvalue weighted by Gasteiger charge is -2.12. The van der Waals surface area contributed by atoms with Crippen LogP contribution in [0.3, 0.4) is 0 Å². The molecule has 1 aromatic heterocycles. The molecule has 0 aliphatic carbocycles. The van der Waals surface area contributed by atoms with E-state index in [-0.39, 0.29) is 13.2 Å². The molecule has 0 aliphatic rings. The summed E-state index contributed by atoms with van der Waals surface area (Å²) in [4.78, 5) is 35.3. The van der Waals surface area contributed by atoms with Crippen LogP contribution in [0.5, 0.6) is 11.5 Å². The lowest BCUT2D eigenvalue weighted by Crippen LogP contribution is -2.35. The molecule has 0 aliphatic heterocycles. The average Bonchev–Trinajstić information content (AvgIpc) is 2.70. The van der Waals surface area contributed by atoms with Crippen LogP contribution >= 0.6 is 0 Å². The topological polar surface area (TPSA) is 107 Å². The minimum absolute atomic E-state index is 0.216. The van der Waals surface area contributed by atoms with Crippen molar-refractivity contribution >= 4 is 28.5 Å². The first-order chi connectivity index (χ1) is 13.9. The fourth-order valence-corrected chi connectivity index (χ4v) is 2.62. The molecule has 8 nitrogen and oxygen atoms in total. The molecule has 2 amide bonds. The zero-order valence-corrected chi connectivity index (χ0v) is 16.0. The number of nitrogens with one attached hydrogen (secondary N) is 2. The van der Waals surface area contributed by atoms with Crippen LogP contribution in [0.25, 0.3) is 11.0 Å². The molecule has 2 N–H and O–H groups in total. The molecule has 0 spiro atoms. The predicted molar refractivity (Wildman–Crippen MR) is 107 cm³/mol. The van der Waals surface area contributed by atoms with Gasteiger partial charge in [0.2, 0.25) is 5.91 Å². The number of hydrogen-bond donors (Lipinski definition) is 2. The highest BCUT2D eigenvalue weighted by Gasteiger charge is 2.10. The van der Waals surface area contributed by atoms with Gasteiger partial charge in [0.05, 0.1) is 19.3 Å². The molecule has 29 heavy (non-hydrogen) atoms. The van der Waals surface area contributed by atoms with Gasteiger partial charge in [-0.2, -0.15) is 0 Å². The maximum absolute atomic E-state index is 12.1. The molecule has 2 aromatic carbocycles. The van der Waals surface area contributed by atoms with E-state index in [0.717, 1.165) is 10.9 Å². The van der Waals surface area contributed by atoms with Crippen LogP contribution in [0.2, 0.25) is 0 Å². The summed E-state index contributed by atoms with van der Waals surface area (Å²) in [5.41, 5.74) is 1.39. The molecule has 3 rings (SSSR count). The minimum Gasteiger partial charge on any atom is -0.495 e. The zero-order chi connectivity index (χ0) is 20.8. The van der Waals surface area contributed by atoms with Crippen molar-refractivity contribution in [1.82, 2.24) is 5.32 Å². The van der Waals surface area contributed by atoms with E-state index in [2.05, 4.69) is 10.6 Å². The second-order valence-corrected chi connectivity index (χ2v) is 6.27. The average molecular weight is 396 g/mol. The SMILES string of the molecule is COc1ccc(C)cc1NC(=O)CNC(=O)COc1ccc2ccc(=O)oc2c1. The van der Waals surface area contributed by atoms with Crippen molar-refractivity contribution in [2.75, 3.05) is 25.6 Å². The van der Waals surface area contributed by atoms with Crippen LogP contribution in [0.15, 0.2) is 57.7 Å². The summed E-state index contributed by atoms with van der Waals surface area (Å²) >= 11 is 0. The van der Waals surface area contributed by atoms with Gasteiger partial charge in [-0.15, -0.1) is 0 Å². The molecule has 0 atom stereocenters. The number of anilines is 1. The van der Waals surface area contributed by atoms with Gasteiger partial charge in [0.1, 0.15) is 17.1 Å². The molecular weight excluding hydrogens is 376 g/mol. The maximum Gasteiger partial charge on any atom is 0.336 e. The van der Waals surface area contributed by atoms with Crippen molar-refractivity contribution in [3.05, 3.63) is 64.5 Å². The van der Waals surface area contributed by atoms with E-state index in [1.54, 1.807) is 30.3 Å². The van der Waals surface area contributed by atoms with Crippen LogP contribution in [-0.2, 0) is 9.59 Å². The van der Waals surface area contributed by atoms with Crippen LogP contribution in [0, 0.1) is 6.92 Å². The molecule has 0 fully saturated rings. The fourth-order valence-electron chi connectivity index (χ4n) is 2.62. The van der Waals surface area contributed by atoms with Crippen LogP contribution in [0.4, 0.5) is 5.69 Å². The summed E-state index contributed by atoms with van der Waals surface area (Å²) in [6, 6.07) is 13.3. The Morgan fingerprint density at radius 3 is 2.62 bits per heavy atom. The summed E-state index contributed by atoms with van der Waals surface area (Å²) < 4.78 is 15.7. The van der Waals surface area contributed by atoms with Gasteiger partial charge in [-0.3, -0.25) is 9.59 Å². The van der Waals surface area contributed by atoms with Crippen molar-refractivity contribution in [3.8, 4) is 11.5 Å². The Kier molecular flexibility index (Phi) is 6.13. The highest BCUT2D eigenvalue weighted by Crippen LogP contribution is 2.25. The number of rotatable bonds is 7. The third-order valence-corrected chi connectivity index (χ3v) is 4.04. The number of benzene rings is 2. The molecule has 1 heterocycles. The molecule has 8 heteroatoms. The van der Waals surface area contributed by atoms with Gasteiger partial charge in [-0.05, 0) is 42.8 Å². The first kappa shape index (κ1) is 19.9. The monoisotopic (exact) mass is 396 g/mol. The summed E-state index contributed by atoms with van der Waals surface area (Å²) in [6.45, 7) is 1.39. The van der Waals surface area contributed by atoms with E-state index in [1.807, 2.05) is 13.0 Å². The van der Waals surface area contributed by atoms with Crippen molar-refractivity contribution in [1.29, 1.82) is 0 Å². The van der Waals surface area contributed by atoms with Gasteiger partial charge in [0, 0.05) is 17.5 Å². The first-order valence-corrected chi connectivity index (χ1v) is 8.82. The van der Waals surface area contributed by atoms with Crippen molar-refractivity contribution in [2.45, 2.75) is 6.92 Å². The highest BCUT2D eigenvalue weighted by molar-refractivity contribution is 5.96. The van der Waals surface area contributed by atoms with Crippen molar-refractivity contribution < 1.29 is 23.5 Å². The predicted octanol–water partition coefficient (Wildman–Crippen LogP) is 2.24. The summed E-state index contributed by atoms with van der Waals surface area (Å²) in [5.74, 6) is 0.0400. The van der Waals surface area contributed by atoms with E-state index in [4.69, 9.17) is 13.9 Å². The quantitative estimate of drug-likeness (QED) is 0.593. The minimum atomic E-state index is -0.469. The Labute approximate surface area is 166 Å². The third kappa shape index (κ3) is 5.35. The van der Waals surface area contributed by atoms with E-state index in [0.29, 0.717) is 22.8 Å². The van der Waals surface area contributed by atoms with Gasteiger partial charge in [0.25, 0.3) is 5.91 Å². The molecule has 0 unspecified atom stereocenters. The van der Waals surface area contributed by atoms with E-state index >= 15 is 0 Å². The third-order valence-electron chi connectivity index (χ3n) is 4.04. The second kappa shape index (κ2) is 8.92. The van der Waals surface area contributed by atoms with E-state index in [9.17, 15) is 14.4 Å². The number of aryl methyl sites for hydroxylation is 1. The number of carbonyl (C=O) groups excluding carboxylic acids is 2. The van der Waals surface area contributed by atoms with E-state index < -0.39 is 17.4 Å². The van der Waals surface area contributed by atoms with Gasteiger partial charge in [-0.1, -0.05) is 6.07 Å². The fraction of sp³-hybridized carbons (Fsp3) is 0.190. The number of amides is 2. The lowest BCUT2D eigenvalue weighted by molar-refractivity contribution is -0.125. The van der Waals surface area contributed by atoms with Gasteiger partial charge >= 0.3 is 5.63 Å². The first-order valence-electron chi connectivity index (χ1n) is 8.82. The standard InChI is InChI=1S/C21H20N2O6/c1-13-3-7-17(27-2)16(9-13)23-19(24)11-22-20(25)12-28-15-6-4-14-5-8-21(26)29-18(14)10-15/h3-10H,11-12H2,1-2H3,(H,22,25)(H,23,24). The molecular formula is C21H20N2O6. The summed E-state index contributed by atoms with van der Waals surface area (Å²) in [6.07, 6.45) is 0. The number of hydrogen-bond acceptors (Lipinski definition) is 6. The molecule has 0 radical (unpaired) electrons.